The van der Waals surface area contributed by atoms with E-state index in [1.54, 1.807) is 19.1 Å². The van der Waals surface area contributed by atoms with Gasteiger partial charge in [0, 0.05) is 12.0 Å². The first-order chi connectivity index (χ1) is 13.9. The summed E-state index contributed by atoms with van der Waals surface area (Å²) in [6.45, 7) is 9.45. The quantitative estimate of drug-likeness (QED) is 0.781. The number of nitrogens with zero attached hydrogens (tertiary/aromatic N) is 1. The number of sulfonamides is 1. The Bertz CT molecular complexity index is 1060. The minimum atomic E-state index is -3.67. The molecule has 7 heteroatoms. The predicted molar refractivity (Wildman–Crippen MR) is 119 cm³/mol. The fraction of sp³-hybridized carbons (Fsp3) is 0.435. The Labute approximate surface area is 179 Å². The van der Waals surface area contributed by atoms with Gasteiger partial charge in [-0.25, -0.2) is 8.42 Å². The monoisotopic (exact) mass is 430 g/mol. The Balaban J connectivity index is 1.90. The lowest BCUT2D eigenvalue weighted by Gasteiger charge is -2.38. The number of fused-ring (bicyclic) bond motifs is 1. The van der Waals surface area contributed by atoms with E-state index in [0.717, 1.165) is 28.7 Å². The summed E-state index contributed by atoms with van der Waals surface area (Å²) in [6, 6.07) is 11.8. The van der Waals surface area contributed by atoms with Gasteiger partial charge in [-0.1, -0.05) is 24.3 Å². The second-order valence-corrected chi connectivity index (χ2v) is 10.5. The summed E-state index contributed by atoms with van der Waals surface area (Å²) in [4.78, 5) is 13.2. The van der Waals surface area contributed by atoms with Gasteiger partial charge in [0.15, 0.2) is 0 Å². The lowest BCUT2D eigenvalue weighted by atomic mass is 9.89. The summed E-state index contributed by atoms with van der Waals surface area (Å²) in [7, 11) is -3.67. The van der Waals surface area contributed by atoms with Crippen LogP contribution in [0, 0.1) is 13.8 Å². The third-order valence-corrected chi connectivity index (χ3v) is 6.77. The van der Waals surface area contributed by atoms with E-state index in [2.05, 4.69) is 5.32 Å². The fourth-order valence-corrected chi connectivity index (χ4v) is 5.06. The number of aryl methyl sites for hydroxylation is 2. The molecule has 1 amide bonds. The van der Waals surface area contributed by atoms with Crippen LogP contribution in [-0.4, -0.2) is 32.2 Å². The van der Waals surface area contributed by atoms with Crippen LogP contribution >= 0.6 is 0 Å². The number of hydrogen-bond acceptors (Lipinski definition) is 4. The first kappa shape index (κ1) is 22.2. The van der Waals surface area contributed by atoms with Gasteiger partial charge < -0.3 is 10.1 Å². The van der Waals surface area contributed by atoms with E-state index in [-0.39, 0.29) is 11.9 Å². The molecule has 2 aromatic rings. The van der Waals surface area contributed by atoms with Crippen LogP contribution in [0.3, 0.4) is 0 Å². The van der Waals surface area contributed by atoms with Gasteiger partial charge in [0.25, 0.3) is 0 Å². The zero-order valence-corrected chi connectivity index (χ0v) is 19.2. The minimum absolute atomic E-state index is 0.263. The van der Waals surface area contributed by atoms with Gasteiger partial charge in [0.05, 0.1) is 18.0 Å². The summed E-state index contributed by atoms with van der Waals surface area (Å²) in [5.41, 5.74) is 2.96. The highest BCUT2D eigenvalue weighted by Crippen LogP contribution is 2.39. The van der Waals surface area contributed by atoms with Gasteiger partial charge in [0.1, 0.15) is 17.4 Å². The summed E-state index contributed by atoms with van der Waals surface area (Å²) in [5, 5.41) is 3.05. The number of amides is 1. The maximum absolute atomic E-state index is 13.2. The van der Waals surface area contributed by atoms with Crippen LogP contribution in [0.1, 0.15) is 49.9 Å². The Morgan fingerprint density at radius 3 is 2.47 bits per heavy atom. The van der Waals surface area contributed by atoms with E-state index in [1.807, 2.05) is 58.0 Å². The van der Waals surface area contributed by atoms with E-state index in [0.29, 0.717) is 12.1 Å². The van der Waals surface area contributed by atoms with Crippen LogP contribution in [0.5, 0.6) is 5.75 Å². The highest BCUT2D eigenvalue weighted by Gasteiger charge is 2.36. The summed E-state index contributed by atoms with van der Waals surface area (Å²) in [6.07, 6.45) is 1.71. The molecule has 0 spiro atoms. The molecule has 3 rings (SSSR count). The van der Waals surface area contributed by atoms with Gasteiger partial charge in [-0.05, 0) is 63.9 Å². The number of hydrogen-bond donors (Lipinski definition) is 1. The molecule has 1 aliphatic rings. The highest BCUT2D eigenvalue weighted by molar-refractivity contribution is 7.92. The van der Waals surface area contributed by atoms with Crippen molar-refractivity contribution in [2.75, 3.05) is 10.6 Å². The summed E-state index contributed by atoms with van der Waals surface area (Å²) >= 11 is 0. The Morgan fingerprint density at radius 2 is 1.83 bits per heavy atom. The first-order valence-electron chi connectivity index (χ1n) is 10.0. The standard InChI is InChI=1S/C23H30N2O4S/c1-15-11-12-18(13-16(15)2)25(30(6,27)28)17(3)22(26)24-20-14-23(4,5)29-21-10-8-7-9-19(20)21/h7-13,17,20H,14H2,1-6H3,(H,24,26)/t17-,20+/m1/s1. The van der Waals surface area contributed by atoms with Gasteiger partial charge in [-0.15, -0.1) is 0 Å². The molecule has 0 unspecified atom stereocenters. The van der Waals surface area contributed by atoms with Gasteiger partial charge in [-0.3, -0.25) is 9.10 Å². The van der Waals surface area contributed by atoms with E-state index in [4.69, 9.17) is 4.74 Å². The molecule has 0 saturated heterocycles. The zero-order valence-electron chi connectivity index (χ0n) is 18.4. The minimum Gasteiger partial charge on any atom is -0.487 e. The average molecular weight is 431 g/mol. The molecule has 1 N–H and O–H groups in total. The number of rotatable bonds is 5. The van der Waals surface area contributed by atoms with Gasteiger partial charge >= 0.3 is 0 Å². The Morgan fingerprint density at radius 1 is 1.17 bits per heavy atom. The molecule has 0 saturated carbocycles. The molecule has 2 aromatic carbocycles. The van der Waals surface area contributed by atoms with E-state index in [1.165, 1.54) is 4.31 Å². The second-order valence-electron chi connectivity index (χ2n) is 8.67. The Kier molecular flexibility index (Phi) is 5.87. The number of nitrogens with one attached hydrogen (secondary N) is 1. The molecule has 30 heavy (non-hydrogen) atoms. The number of para-hydroxylation sites is 1. The highest BCUT2D eigenvalue weighted by atomic mass is 32.2. The van der Waals surface area contributed by atoms with Crippen molar-refractivity contribution in [3.8, 4) is 5.75 Å². The third-order valence-electron chi connectivity index (χ3n) is 5.53. The first-order valence-corrected chi connectivity index (χ1v) is 11.9. The van der Waals surface area contributed by atoms with Crippen LogP contribution in [0.15, 0.2) is 42.5 Å². The fourth-order valence-electron chi connectivity index (χ4n) is 3.89. The van der Waals surface area contributed by atoms with Crippen molar-refractivity contribution in [3.63, 3.8) is 0 Å². The predicted octanol–water partition coefficient (Wildman–Crippen LogP) is 3.88. The van der Waals surface area contributed by atoms with Gasteiger partial charge in [0.2, 0.25) is 15.9 Å². The number of anilines is 1. The van der Waals surface area contributed by atoms with E-state index in [9.17, 15) is 13.2 Å². The number of carbonyl (C=O) groups excluding carboxylic acids is 1. The molecular weight excluding hydrogens is 400 g/mol. The molecule has 0 radical (unpaired) electrons. The smallest absolute Gasteiger partial charge is 0.244 e. The average Bonchev–Trinajstić information content (AvgIpc) is 2.62. The second kappa shape index (κ2) is 7.95. The van der Waals surface area contributed by atoms with Crippen molar-refractivity contribution in [2.45, 2.75) is 58.7 Å². The molecule has 0 aromatic heterocycles. The summed E-state index contributed by atoms with van der Waals surface area (Å²) < 4.78 is 32.4. The van der Waals surface area contributed by atoms with Crippen molar-refractivity contribution >= 4 is 21.6 Å². The van der Waals surface area contributed by atoms with Crippen LogP contribution in [-0.2, 0) is 14.8 Å². The molecule has 1 heterocycles. The SMILES string of the molecule is Cc1ccc(N([C@H](C)C(=O)N[C@H]2CC(C)(C)Oc3ccccc32)S(C)(=O)=O)cc1C. The largest absolute Gasteiger partial charge is 0.487 e. The molecular formula is C23H30N2O4S. The van der Waals surface area contributed by atoms with Crippen molar-refractivity contribution in [2.24, 2.45) is 0 Å². The summed E-state index contributed by atoms with van der Waals surface area (Å²) in [5.74, 6) is 0.386. The maximum atomic E-state index is 13.2. The van der Waals surface area contributed by atoms with E-state index < -0.39 is 21.7 Å². The van der Waals surface area contributed by atoms with Crippen molar-refractivity contribution in [3.05, 3.63) is 59.2 Å². The lowest BCUT2D eigenvalue weighted by molar-refractivity contribution is -0.123. The molecule has 2 atom stereocenters. The number of ether oxygens (including phenoxy) is 1. The van der Waals surface area contributed by atoms with Gasteiger partial charge in [-0.2, -0.15) is 0 Å². The Hall–Kier alpha value is -2.54. The normalized spacial score (nSPS) is 18.7. The molecule has 162 valence electrons. The van der Waals surface area contributed by atoms with Crippen molar-refractivity contribution in [1.29, 1.82) is 0 Å². The van der Waals surface area contributed by atoms with Crippen LogP contribution in [0.25, 0.3) is 0 Å². The maximum Gasteiger partial charge on any atom is 0.244 e. The van der Waals surface area contributed by atoms with Crippen LogP contribution in [0.2, 0.25) is 0 Å². The number of benzene rings is 2. The molecule has 0 bridgehead atoms. The molecule has 1 aliphatic heterocycles. The van der Waals surface area contributed by atoms with E-state index >= 15 is 0 Å². The van der Waals surface area contributed by atoms with Crippen LogP contribution in [0.4, 0.5) is 5.69 Å². The van der Waals surface area contributed by atoms with Crippen molar-refractivity contribution in [1.82, 2.24) is 5.32 Å². The van der Waals surface area contributed by atoms with Crippen molar-refractivity contribution < 1.29 is 17.9 Å². The molecule has 0 fully saturated rings. The zero-order chi connectivity index (χ0) is 22.3. The molecule has 6 nitrogen and oxygen atoms in total. The number of carbonyl (C=O) groups is 1. The molecule has 0 aliphatic carbocycles. The lowest BCUT2D eigenvalue weighted by Crippen LogP contribution is -2.50. The van der Waals surface area contributed by atoms with Crippen LogP contribution < -0.4 is 14.4 Å². The third kappa shape index (κ3) is 4.61. The topological polar surface area (TPSA) is 75.7 Å².